The zero-order valence-corrected chi connectivity index (χ0v) is 20.0. The summed E-state index contributed by atoms with van der Waals surface area (Å²) in [6.45, 7) is 8.79. The number of carbonyl (C=O) groups is 1. The van der Waals surface area contributed by atoms with E-state index in [0.29, 0.717) is 13.0 Å². The van der Waals surface area contributed by atoms with Crippen molar-refractivity contribution >= 4 is 37.3 Å². The minimum atomic E-state index is -3.01. The number of piperazine rings is 1. The van der Waals surface area contributed by atoms with Gasteiger partial charge < -0.3 is 4.90 Å². The van der Waals surface area contributed by atoms with Crippen molar-refractivity contribution in [1.82, 2.24) is 19.7 Å². The third-order valence-corrected chi connectivity index (χ3v) is 9.25. The average molecular weight is 465 g/mol. The number of aromatic nitrogens is 1. The van der Waals surface area contributed by atoms with Gasteiger partial charge in [-0.05, 0) is 31.9 Å². The lowest BCUT2D eigenvalue weighted by Gasteiger charge is -2.38. The van der Waals surface area contributed by atoms with Gasteiger partial charge in [0.05, 0.1) is 34.8 Å². The topological polar surface area (TPSA) is 73.8 Å². The van der Waals surface area contributed by atoms with Crippen molar-refractivity contribution in [2.24, 2.45) is 0 Å². The summed E-state index contributed by atoms with van der Waals surface area (Å²) >= 11 is 1.75. The monoisotopic (exact) mass is 464 g/mol. The molecule has 0 radical (unpaired) electrons. The first-order valence-corrected chi connectivity index (χ1v) is 13.8. The number of benzene rings is 1. The van der Waals surface area contributed by atoms with Crippen LogP contribution < -0.4 is 0 Å². The third kappa shape index (κ3) is 5.45. The maximum absolute atomic E-state index is 13.1. The Labute approximate surface area is 189 Å². The Kier molecular flexibility index (Phi) is 6.95. The highest BCUT2D eigenvalue weighted by atomic mass is 32.2. The Morgan fingerprint density at radius 2 is 1.94 bits per heavy atom. The highest BCUT2D eigenvalue weighted by Crippen LogP contribution is 2.24. The molecule has 2 fully saturated rings. The predicted octanol–water partition coefficient (Wildman–Crippen LogP) is 2.23. The number of hydrogen-bond donors (Lipinski definition) is 0. The van der Waals surface area contributed by atoms with Crippen LogP contribution in [0.25, 0.3) is 10.2 Å². The molecule has 2 aliphatic rings. The number of amides is 1. The van der Waals surface area contributed by atoms with E-state index in [1.165, 1.54) is 4.70 Å². The minimum absolute atomic E-state index is 0.0612. The van der Waals surface area contributed by atoms with Gasteiger partial charge in [0, 0.05) is 38.3 Å². The highest BCUT2D eigenvalue weighted by Gasteiger charge is 2.37. The first kappa shape index (κ1) is 22.6. The summed E-state index contributed by atoms with van der Waals surface area (Å²) in [5.74, 6) is 0.373. The number of carbonyl (C=O) groups excluding carboxylic acids is 1. The van der Waals surface area contributed by atoms with Crippen LogP contribution in [-0.4, -0.2) is 90.3 Å². The van der Waals surface area contributed by atoms with E-state index in [1.807, 2.05) is 24.0 Å². The fourth-order valence-corrected chi connectivity index (χ4v) is 7.28. The zero-order chi connectivity index (χ0) is 22.0. The Balaban J connectivity index is 1.31. The van der Waals surface area contributed by atoms with E-state index in [0.717, 1.165) is 49.7 Å². The van der Waals surface area contributed by atoms with Gasteiger partial charge in [0.2, 0.25) is 5.91 Å². The van der Waals surface area contributed by atoms with Crippen molar-refractivity contribution in [2.75, 3.05) is 44.2 Å². The van der Waals surface area contributed by atoms with Crippen LogP contribution >= 0.6 is 11.3 Å². The summed E-state index contributed by atoms with van der Waals surface area (Å²) < 4.78 is 25.1. The van der Waals surface area contributed by atoms with E-state index < -0.39 is 9.84 Å². The number of sulfone groups is 1. The number of rotatable bonds is 7. The largest absolute Gasteiger partial charge is 0.335 e. The first-order valence-electron chi connectivity index (χ1n) is 11.2. The summed E-state index contributed by atoms with van der Waals surface area (Å²) in [4.78, 5) is 24.3. The number of nitrogens with zero attached hydrogens (tertiary/aromatic N) is 4. The van der Waals surface area contributed by atoms with Crippen LogP contribution in [0.1, 0.15) is 31.7 Å². The Hall–Kier alpha value is -1.55. The molecular weight excluding hydrogens is 432 g/mol. The molecule has 2 unspecified atom stereocenters. The van der Waals surface area contributed by atoms with Gasteiger partial charge in [-0.1, -0.05) is 19.1 Å². The van der Waals surface area contributed by atoms with Gasteiger partial charge in [-0.2, -0.15) is 0 Å². The maximum atomic E-state index is 13.1. The van der Waals surface area contributed by atoms with E-state index >= 15 is 0 Å². The molecule has 2 aliphatic heterocycles. The van der Waals surface area contributed by atoms with Crippen LogP contribution in [0.15, 0.2) is 24.3 Å². The molecule has 0 aliphatic carbocycles. The fraction of sp³-hybridized carbons (Fsp3) is 0.636. The van der Waals surface area contributed by atoms with Gasteiger partial charge in [0.25, 0.3) is 0 Å². The van der Waals surface area contributed by atoms with Gasteiger partial charge >= 0.3 is 0 Å². The second kappa shape index (κ2) is 9.52. The number of fused-ring (bicyclic) bond motifs is 1. The molecule has 0 bridgehead atoms. The molecule has 9 heteroatoms. The first-order chi connectivity index (χ1) is 14.8. The molecule has 31 heavy (non-hydrogen) atoms. The van der Waals surface area contributed by atoms with Crippen molar-refractivity contribution in [3.05, 3.63) is 29.3 Å². The highest BCUT2D eigenvalue weighted by molar-refractivity contribution is 7.91. The molecule has 170 valence electrons. The van der Waals surface area contributed by atoms with Crippen molar-refractivity contribution < 1.29 is 13.2 Å². The number of para-hydroxylation sites is 1. The number of hydrogen-bond acceptors (Lipinski definition) is 7. The fourth-order valence-electron chi connectivity index (χ4n) is 4.56. The molecule has 0 spiro atoms. The molecule has 7 nitrogen and oxygen atoms in total. The van der Waals surface area contributed by atoms with Crippen molar-refractivity contribution in [2.45, 2.75) is 45.3 Å². The number of thiazole rings is 1. The lowest BCUT2D eigenvalue weighted by Crippen LogP contribution is -2.53. The Bertz CT molecular complexity index is 982. The molecule has 0 saturated carbocycles. The summed E-state index contributed by atoms with van der Waals surface area (Å²) in [7, 11) is -3.01. The molecule has 0 N–H and O–H groups in total. The lowest BCUT2D eigenvalue weighted by atomic mass is 10.1. The predicted molar refractivity (Wildman–Crippen MR) is 125 cm³/mol. The van der Waals surface area contributed by atoms with Crippen LogP contribution in [-0.2, 0) is 21.2 Å². The average Bonchev–Trinajstić information content (AvgIpc) is 3.31. The molecule has 2 saturated heterocycles. The normalized spacial score (nSPS) is 23.2. The molecular formula is C22H32N4O3S2. The molecule has 4 rings (SSSR count). The molecule has 3 heterocycles. The van der Waals surface area contributed by atoms with E-state index in [-0.39, 0.29) is 29.5 Å². The van der Waals surface area contributed by atoms with Crippen molar-refractivity contribution in [3.63, 3.8) is 0 Å². The van der Waals surface area contributed by atoms with E-state index in [9.17, 15) is 13.2 Å². The van der Waals surface area contributed by atoms with E-state index in [2.05, 4.69) is 28.9 Å². The van der Waals surface area contributed by atoms with Crippen LogP contribution in [0.5, 0.6) is 0 Å². The SMILES string of the molecule is CCC(C)N(C(=O)CN1CCN(Cc2nc3ccccc3s2)CC1)C1CCS(=O)(=O)C1. The second-order valence-electron chi connectivity index (χ2n) is 8.74. The Morgan fingerprint density at radius 3 is 2.58 bits per heavy atom. The van der Waals surface area contributed by atoms with Crippen molar-refractivity contribution in [1.29, 1.82) is 0 Å². The standard InChI is InChI=1S/C22H32N4O3S2/c1-3-17(2)26(18-8-13-31(28,29)16-18)22(27)15-25-11-9-24(10-12-25)14-21-23-19-6-4-5-7-20(19)30-21/h4-7,17-18H,3,8-16H2,1-2H3. The second-order valence-corrected chi connectivity index (χ2v) is 12.1. The Morgan fingerprint density at radius 1 is 1.23 bits per heavy atom. The smallest absolute Gasteiger partial charge is 0.237 e. The summed E-state index contributed by atoms with van der Waals surface area (Å²) in [5.41, 5.74) is 1.06. The summed E-state index contributed by atoms with van der Waals surface area (Å²) in [6.07, 6.45) is 1.40. The van der Waals surface area contributed by atoms with Gasteiger partial charge in [-0.25, -0.2) is 13.4 Å². The molecule has 1 aromatic heterocycles. The van der Waals surface area contributed by atoms with E-state index in [4.69, 9.17) is 4.98 Å². The van der Waals surface area contributed by atoms with Crippen LogP contribution in [0, 0.1) is 0 Å². The molecule has 2 aromatic rings. The third-order valence-electron chi connectivity index (χ3n) is 6.48. The molecule has 2 atom stereocenters. The quantitative estimate of drug-likeness (QED) is 0.626. The van der Waals surface area contributed by atoms with Gasteiger partial charge in [-0.3, -0.25) is 14.6 Å². The van der Waals surface area contributed by atoms with Crippen molar-refractivity contribution in [3.8, 4) is 0 Å². The van der Waals surface area contributed by atoms with Crippen LogP contribution in [0.2, 0.25) is 0 Å². The van der Waals surface area contributed by atoms with Gasteiger partial charge in [0.1, 0.15) is 5.01 Å². The van der Waals surface area contributed by atoms with Gasteiger partial charge in [-0.15, -0.1) is 11.3 Å². The zero-order valence-electron chi connectivity index (χ0n) is 18.4. The lowest BCUT2D eigenvalue weighted by molar-refractivity contribution is -0.137. The minimum Gasteiger partial charge on any atom is -0.335 e. The van der Waals surface area contributed by atoms with Gasteiger partial charge in [0.15, 0.2) is 9.84 Å². The summed E-state index contributed by atoms with van der Waals surface area (Å²) in [6, 6.07) is 8.12. The molecule has 1 amide bonds. The van der Waals surface area contributed by atoms with Crippen LogP contribution in [0.3, 0.4) is 0 Å². The molecule has 1 aromatic carbocycles. The van der Waals surface area contributed by atoms with Crippen LogP contribution in [0.4, 0.5) is 0 Å². The van der Waals surface area contributed by atoms with E-state index in [1.54, 1.807) is 11.3 Å². The maximum Gasteiger partial charge on any atom is 0.237 e. The summed E-state index contributed by atoms with van der Waals surface area (Å²) in [5, 5.41) is 1.14.